The average molecular weight is 474 g/mol. The molecule has 0 spiro atoms. The first-order valence-corrected chi connectivity index (χ1v) is 11.6. The van der Waals surface area contributed by atoms with Gasteiger partial charge in [-0.15, -0.1) is 0 Å². The van der Waals surface area contributed by atoms with Gasteiger partial charge in [-0.2, -0.15) is 0 Å². The minimum absolute atomic E-state index is 0.0593. The molecule has 1 fully saturated rings. The second kappa shape index (κ2) is 10.5. The van der Waals surface area contributed by atoms with Gasteiger partial charge in [0.25, 0.3) is 5.91 Å². The zero-order valence-electron chi connectivity index (χ0n) is 20.5. The van der Waals surface area contributed by atoms with E-state index in [0.29, 0.717) is 48.6 Å². The highest BCUT2D eigenvalue weighted by atomic mass is 16.5. The number of fused-ring (bicyclic) bond motifs is 1. The summed E-state index contributed by atoms with van der Waals surface area (Å²) >= 11 is 0. The Bertz CT molecular complexity index is 1320. The van der Waals surface area contributed by atoms with Gasteiger partial charge in [-0.1, -0.05) is 36.9 Å². The van der Waals surface area contributed by atoms with Crippen LogP contribution in [0.1, 0.15) is 12.5 Å². The van der Waals surface area contributed by atoms with Crippen molar-refractivity contribution < 1.29 is 18.7 Å². The maximum atomic E-state index is 12.8. The molecule has 1 aliphatic heterocycles. The Labute approximate surface area is 205 Å². The molecule has 4 rings (SSSR count). The van der Waals surface area contributed by atoms with Crippen LogP contribution in [0.5, 0.6) is 5.75 Å². The monoisotopic (exact) mass is 473 g/mol. The molecule has 1 N–H and O–H groups in total. The van der Waals surface area contributed by atoms with Crippen LogP contribution in [0.2, 0.25) is 0 Å². The number of carbonyl (C=O) groups is 1. The third-order valence-electron chi connectivity index (χ3n) is 6.24. The summed E-state index contributed by atoms with van der Waals surface area (Å²) in [5, 5.41) is 9.60. The summed E-state index contributed by atoms with van der Waals surface area (Å²) in [5.41, 5.74) is 3.15. The number of hydrogen-bond acceptors (Lipinski definition) is 6. The van der Waals surface area contributed by atoms with Crippen LogP contribution >= 0.6 is 0 Å². The van der Waals surface area contributed by atoms with E-state index in [0.717, 1.165) is 28.0 Å². The minimum Gasteiger partial charge on any atom is -0.495 e. The van der Waals surface area contributed by atoms with Gasteiger partial charge in [-0.05, 0) is 31.6 Å². The van der Waals surface area contributed by atoms with E-state index in [4.69, 9.17) is 19.3 Å². The molecule has 1 amide bonds. The Balaban J connectivity index is 1.43. The first-order valence-electron chi connectivity index (χ1n) is 11.6. The second-order valence-corrected chi connectivity index (χ2v) is 8.46. The molecule has 35 heavy (non-hydrogen) atoms. The molecule has 0 radical (unpaired) electrons. The highest BCUT2D eigenvalue weighted by Crippen LogP contribution is 2.27. The molecule has 1 aromatic heterocycles. The topological polar surface area (TPSA) is 79.0 Å². The van der Waals surface area contributed by atoms with Crippen molar-refractivity contribution in [3.63, 3.8) is 0 Å². The summed E-state index contributed by atoms with van der Waals surface area (Å²) in [7, 11) is 1.63. The van der Waals surface area contributed by atoms with Crippen LogP contribution in [0.4, 0.5) is 0 Å². The number of allylic oxidation sites excluding steroid dienone is 1. The molecule has 0 saturated carbocycles. The molecular formula is C28H31N3O4. The van der Waals surface area contributed by atoms with Gasteiger partial charge in [0.15, 0.2) is 6.61 Å². The highest BCUT2D eigenvalue weighted by Gasteiger charge is 2.23. The molecule has 0 bridgehead atoms. The standard InChI is InChI=1S/C28H31N3O4/c1-5-24(33-4)20(3)30-11-13-31(14-12-30)27(32)18-34-22-15-19(2)28-23(29)17-25(35-26(28)16-22)21-9-7-6-8-10-21/h5-10,15-17,29H,3,11-14,18H2,1-2,4H3/b24-5+,29-23?. The van der Waals surface area contributed by atoms with Crippen molar-refractivity contribution >= 4 is 16.9 Å². The molecule has 1 aliphatic rings. The van der Waals surface area contributed by atoms with Crippen LogP contribution in [0.3, 0.4) is 0 Å². The van der Waals surface area contributed by atoms with Crippen LogP contribution < -0.4 is 10.1 Å². The number of carbonyl (C=O) groups excluding carboxylic acids is 1. The zero-order chi connectivity index (χ0) is 24.9. The van der Waals surface area contributed by atoms with E-state index < -0.39 is 0 Å². The Morgan fingerprint density at radius 3 is 2.46 bits per heavy atom. The van der Waals surface area contributed by atoms with Gasteiger partial charge in [0.05, 0.1) is 18.2 Å². The van der Waals surface area contributed by atoms with E-state index in [-0.39, 0.29) is 12.5 Å². The van der Waals surface area contributed by atoms with Crippen molar-refractivity contribution in [1.82, 2.24) is 9.80 Å². The van der Waals surface area contributed by atoms with Gasteiger partial charge in [0, 0.05) is 49.3 Å². The van der Waals surface area contributed by atoms with E-state index in [1.165, 1.54) is 0 Å². The summed E-state index contributed by atoms with van der Waals surface area (Å²) in [6.45, 7) is 10.4. The molecule has 0 unspecified atom stereocenters. The Kier molecular flexibility index (Phi) is 7.25. The van der Waals surface area contributed by atoms with Crippen molar-refractivity contribution in [1.29, 1.82) is 5.41 Å². The Morgan fingerprint density at radius 1 is 1.11 bits per heavy atom. The lowest BCUT2D eigenvalue weighted by molar-refractivity contribution is -0.134. The van der Waals surface area contributed by atoms with Crippen molar-refractivity contribution in [3.05, 3.63) is 83.6 Å². The lowest BCUT2D eigenvalue weighted by Gasteiger charge is -2.37. The molecule has 0 aliphatic carbocycles. The molecule has 2 aromatic carbocycles. The number of nitrogens with zero attached hydrogens (tertiary/aromatic N) is 2. The van der Waals surface area contributed by atoms with Crippen LogP contribution in [-0.4, -0.2) is 55.6 Å². The van der Waals surface area contributed by atoms with Crippen LogP contribution in [0.15, 0.2) is 77.1 Å². The smallest absolute Gasteiger partial charge is 0.260 e. The molecule has 2 heterocycles. The van der Waals surface area contributed by atoms with Gasteiger partial charge in [0.1, 0.15) is 22.9 Å². The fourth-order valence-electron chi connectivity index (χ4n) is 4.35. The Hall–Kier alpha value is -4.00. The van der Waals surface area contributed by atoms with Crippen LogP contribution in [0, 0.1) is 12.3 Å². The lowest BCUT2D eigenvalue weighted by atomic mass is 10.1. The number of aryl methyl sites for hydroxylation is 1. The number of ether oxygens (including phenoxy) is 2. The molecule has 0 atom stereocenters. The molecule has 1 saturated heterocycles. The van der Waals surface area contributed by atoms with Gasteiger partial charge in [-0.3, -0.25) is 10.2 Å². The first kappa shape index (κ1) is 24.1. The quantitative estimate of drug-likeness (QED) is 0.405. The summed E-state index contributed by atoms with van der Waals surface area (Å²) in [5.74, 6) is 1.84. The third kappa shape index (κ3) is 5.24. The molecule has 182 valence electrons. The minimum atomic E-state index is -0.0674. The molecule has 7 nitrogen and oxygen atoms in total. The predicted octanol–water partition coefficient (Wildman–Crippen LogP) is 4.47. The number of amides is 1. The van der Waals surface area contributed by atoms with Crippen molar-refractivity contribution in [3.8, 4) is 17.1 Å². The van der Waals surface area contributed by atoms with Crippen LogP contribution in [0.25, 0.3) is 22.3 Å². The molecule has 7 heteroatoms. The lowest BCUT2D eigenvalue weighted by Crippen LogP contribution is -2.49. The van der Waals surface area contributed by atoms with Crippen LogP contribution in [-0.2, 0) is 9.53 Å². The van der Waals surface area contributed by atoms with Gasteiger partial charge in [-0.25, -0.2) is 0 Å². The van der Waals surface area contributed by atoms with Gasteiger partial charge in [0.2, 0.25) is 0 Å². The van der Waals surface area contributed by atoms with Crippen molar-refractivity contribution in [2.75, 3.05) is 39.9 Å². The summed E-state index contributed by atoms with van der Waals surface area (Å²) < 4.78 is 17.3. The second-order valence-electron chi connectivity index (χ2n) is 8.46. The van der Waals surface area contributed by atoms with E-state index in [2.05, 4.69) is 11.5 Å². The zero-order valence-corrected chi connectivity index (χ0v) is 20.5. The third-order valence-corrected chi connectivity index (χ3v) is 6.24. The van der Waals surface area contributed by atoms with Crippen molar-refractivity contribution in [2.24, 2.45) is 0 Å². The highest BCUT2D eigenvalue weighted by molar-refractivity contribution is 5.83. The summed E-state index contributed by atoms with van der Waals surface area (Å²) in [6, 6.07) is 15.0. The van der Waals surface area contributed by atoms with E-state index in [1.54, 1.807) is 24.1 Å². The van der Waals surface area contributed by atoms with Gasteiger partial charge < -0.3 is 23.7 Å². The Morgan fingerprint density at radius 2 is 1.80 bits per heavy atom. The summed E-state index contributed by atoms with van der Waals surface area (Å²) in [6.07, 6.45) is 1.89. The maximum absolute atomic E-state index is 12.8. The first-order chi connectivity index (χ1) is 16.9. The predicted molar refractivity (Wildman–Crippen MR) is 136 cm³/mol. The van der Waals surface area contributed by atoms with E-state index in [1.807, 2.05) is 56.3 Å². The maximum Gasteiger partial charge on any atom is 0.260 e. The fourth-order valence-corrected chi connectivity index (χ4v) is 4.35. The number of hydrogen-bond donors (Lipinski definition) is 1. The average Bonchev–Trinajstić information content (AvgIpc) is 2.88. The van der Waals surface area contributed by atoms with E-state index in [9.17, 15) is 4.79 Å². The number of nitrogens with one attached hydrogen (secondary N) is 1. The molecule has 3 aromatic rings. The number of methoxy groups -OCH3 is 1. The number of piperazine rings is 1. The molecular weight excluding hydrogens is 442 g/mol. The SMILES string of the molecule is C=C(/C(=C\C)OC)N1CCN(C(=O)COc2cc(C)c3c(=N)cc(-c4ccccc4)oc3c2)CC1. The van der Waals surface area contributed by atoms with E-state index >= 15 is 0 Å². The summed E-state index contributed by atoms with van der Waals surface area (Å²) in [4.78, 5) is 16.7. The number of benzene rings is 2. The van der Waals surface area contributed by atoms with Crippen molar-refractivity contribution in [2.45, 2.75) is 13.8 Å². The normalized spacial score (nSPS) is 14.2. The fraction of sp³-hybridized carbons (Fsp3) is 0.286. The number of rotatable bonds is 7. The largest absolute Gasteiger partial charge is 0.495 e. The van der Waals surface area contributed by atoms with Gasteiger partial charge >= 0.3 is 0 Å².